The van der Waals surface area contributed by atoms with Crippen LogP contribution in [0.1, 0.15) is 63.8 Å². The number of para-hydroxylation sites is 1. The van der Waals surface area contributed by atoms with Gasteiger partial charge in [0.25, 0.3) is 0 Å². The Kier molecular flexibility index (Phi) is 5.00. The van der Waals surface area contributed by atoms with Crippen LogP contribution in [0.3, 0.4) is 0 Å². The number of carbonyl (C=O) groups is 1. The van der Waals surface area contributed by atoms with E-state index in [4.69, 9.17) is 4.74 Å². The predicted octanol–water partition coefficient (Wildman–Crippen LogP) is 6.02. The van der Waals surface area contributed by atoms with E-state index in [-0.39, 0.29) is 23.7 Å². The molecule has 0 saturated heterocycles. The third kappa shape index (κ3) is 3.49. The van der Waals surface area contributed by atoms with Gasteiger partial charge < -0.3 is 15.0 Å². The van der Waals surface area contributed by atoms with Crippen molar-refractivity contribution in [1.82, 2.24) is 4.90 Å². The zero-order valence-electron chi connectivity index (χ0n) is 20.6. The van der Waals surface area contributed by atoms with Crippen molar-refractivity contribution < 1.29 is 9.53 Å². The molecular formula is C28H35N3O2. The molecule has 1 amide bonds. The molecule has 0 saturated carbocycles. The van der Waals surface area contributed by atoms with Crippen LogP contribution >= 0.6 is 0 Å². The van der Waals surface area contributed by atoms with Crippen LogP contribution < -0.4 is 10.2 Å². The molecule has 0 bridgehead atoms. The molecule has 1 N–H and O–H groups in total. The first-order valence-electron chi connectivity index (χ1n) is 12.0. The van der Waals surface area contributed by atoms with Crippen molar-refractivity contribution in [3.05, 3.63) is 70.8 Å². The van der Waals surface area contributed by atoms with Crippen molar-refractivity contribution in [2.75, 3.05) is 23.8 Å². The maximum atomic E-state index is 13.4. The van der Waals surface area contributed by atoms with E-state index >= 15 is 0 Å². The molecule has 1 spiro atoms. The van der Waals surface area contributed by atoms with E-state index in [9.17, 15) is 4.79 Å². The second kappa shape index (κ2) is 7.54. The molecular weight excluding hydrogens is 410 g/mol. The van der Waals surface area contributed by atoms with Crippen molar-refractivity contribution in [2.24, 2.45) is 0 Å². The Morgan fingerprint density at radius 1 is 1.15 bits per heavy atom. The summed E-state index contributed by atoms with van der Waals surface area (Å²) in [6.45, 7) is 10.6. The SMILES string of the molecule is CC(C)=C[C@@H]1c2cccc3c2[C@@]2(CCN1C(=O)OC(C)(C)C)Cc1ccccc1N[C@H]2N3C. The third-order valence-electron chi connectivity index (χ3n) is 7.25. The Balaban J connectivity index is 1.69. The Labute approximate surface area is 197 Å². The number of fused-ring (bicyclic) bond motifs is 1. The monoisotopic (exact) mass is 445 g/mol. The van der Waals surface area contributed by atoms with E-state index in [2.05, 4.69) is 79.7 Å². The summed E-state index contributed by atoms with van der Waals surface area (Å²) in [4.78, 5) is 17.8. The number of rotatable bonds is 1. The molecule has 0 aliphatic carbocycles. The van der Waals surface area contributed by atoms with Crippen molar-refractivity contribution in [3.8, 4) is 0 Å². The quantitative estimate of drug-likeness (QED) is 0.546. The number of anilines is 2. The number of hydrogen-bond acceptors (Lipinski definition) is 4. The highest BCUT2D eigenvalue weighted by Gasteiger charge is 2.55. The van der Waals surface area contributed by atoms with Gasteiger partial charge in [0.15, 0.2) is 0 Å². The molecule has 3 aliphatic heterocycles. The van der Waals surface area contributed by atoms with Gasteiger partial charge in [-0.25, -0.2) is 4.79 Å². The van der Waals surface area contributed by atoms with Crippen LogP contribution in [-0.2, 0) is 16.6 Å². The summed E-state index contributed by atoms with van der Waals surface area (Å²) in [5, 5.41) is 3.85. The molecule has 174 valence electrons. The molecule has 2 aromatic carbocycles. The lowest BCUT2D eigenvalue weighted by Gasteiger charge is -2.43. The van der Waals surface area contributed by atoms with Gasteiger partial charge in [-0.05, 0) is 76.3 Å². The summed E-state index contributed by atoms with van der Waals surface area (Å²) >= 11 is 0. The Morgan fingerprint density at radius 2 is 1.91 bits per heavy atom. The number of carbonyl (C=O) groups excluding carboxylic acids is 1. The van der Waals surface area contributed by atoms with Gasteiger partial charge >= 0.3 is 6.09 Å². The fourth-order valence-corrected chi connectivity index (χ4v) is 6.01. The highest BCUT2D eigenvalue weighted by Crippen LogP contribution is 2.56. The molecule has 3 heterocycles. The van der Waals surface area contributed by atoms with E-state index in [1.54, 1.807) is 0 Å². The van der Waals surface area contributed by atoms with E-state index in [0.717, 1.165) is 12.8 Å². The van der Waals surface area contributed by atoms with Crippen LogP contribution in [0.4, 0.5) is 16.2 Å². The van der Waals surface area contributed by atoms with Gasteiger partial charge in [0.2, 0.25) is 0 Å². The second-order valence-electron chi connectivity index (χ2n) is 11.0. The normalized spacial score (nSPS) is 25.3. The van der Waals surface area contributed by atoms with Gasteiger partial charge in [-0.1, -0.05) is 42.0 Å². The minimum atomic E-state index is -0.535. The van der Waals surface area contributed by atoms with Crippen LogP contribution in [0.25, 0.3) is 0 Å². The zero-order valence-corrected chi connectivity index (χ0v) is 20.6. The lowest BCUT2D eigenvalue weighted by molar-refractivity contribution is 0.0191. The van der Waals surface area contributed by atoms with Crippen LogP contribution in [0.2, 0.25) is 0 Å². The summed E-state index contributed by atoms with van der Waals surface area (Å²) in [7, 11) is 2.19. The molecule has 3 atom stereocenters. The molecule has 5 rings (SSSR count). The molecule has 3 aliphatic rings. The Bertz CT molecular complexity index is 1130. The molecule has 0 aromatic heterocycles. The Hall–Kier alpha value is -2.95. The number of nitrogens with one attached hydrogen (secondary N) is 1. The highest BCUT2D eigenvalue weighted by atomic mass is 16.6. The van der Waals surface area contributed by atoms with Gasteiger partial charge in [-0.15, -0.1) is 0 Å². The topological polar surface area (TPSA) is 44.8 Å². The lowest BCUT2D eigenvalue weighted by atomic mass is 9.69. The van der Waals surface area contributed by atoms with Gasteiger partial charge in [0.05, 0.1) is 6.04 Å². The van der Waals surface area contributed by atoms with Gasteiger partial charge in [0, 0.05) is 30.4 Å². The Morgan fingerprint density at radius 3 is 2.64 bits per heavy atom. The van der Waals surface area contributed by atoms with Crippen LogP contribution in [0.5, 0.6) is 0 Å². The lowest BCUT2D eigenvalue weighted by Crippen LogP contribution is -2.53. The molecule has 5 nitrogen and oxygen atoms in total. The van der Waals surface area contributed by atoms with Gasteiger partial charge in [-0.3, -0.25) is 4.90 Å². The number of benzene rings is 2. The van der Waals surface area contributed by atoms with Gasteiger partial charge in [0.1, 0.15) is 11.8 Å². The summed E-state index contributed by atoms with van der Waals surface area (Å²) in [5.74, 6) is 0. The number of likely N-dealkylation sites (N-methyl/N-ethyl adjacent to an activating group) is 1. The molecule has 0 unspecified atom stereocenters. The van der Waals surface area contributed by atoms with E-state index in [1.807, 2.05) is 25.7 Å². The standard InChI is InChI=1S/C28H35N3O2/c1-18(2)16-23-20-11-9-13-22-24(20)28(14-15-31(23)26(32)33-27(3,4)5)17-19-10-7-8-12-21(19)29-25(28)30(22)6/h7-13,16,23,25,29H,14-15,17H2,1-6H3/t23-,25+,28-/m1/s1. The fourth-order valence-electron chi connectivity index (χ4n) is 6.01. The smallest absolute Gasteiger partial charge is 0.411 e. The van der Waals surface area contributed by atoms with Crippen molar-refractivity contribution >= 4 is 17.5 Å². The average molecular weight is 446 g/mol. The summed E-state index contributed by atoms with van der Waals surface area (Å²) < 4.78 is 5.89. The number of amides is 1. The van der Waals surface area contributed by atoms with Crippen LogP contribution in [-0.4, -0.2) is 36.4 Å². The number of hydrogen-bond donors (Lipinski definition) is 1. The molecule has 33 heavy (non-hydrogen) atoms. The molecule has 0 fully saturated rings. The maximum absolute atomic E-state index is 13.4. The van der Waals surface area contributed by atoms with Crippen LogP contribution in [0.15, 0.2) is 54.1 Å². The van der Waals surface area contributed by atoms with Crippen LogP contribution in [0, 0.1) is 0 Å². The zero-order chi connectivity index (χ0) is 23.5. The minimum absolute atomic E-state index is 0.112. The minimum Gasteiger partial charge on any atom is -0.444 e. The first-order chi connectivity index (χ1) is 15.6. The number of ether oxygens (including phenoxy) is 1. The van der Waals surface area contributed by atoms with E-state index in [1.165, 1.54) is 33.6 Å². The first kappa shape index (κ1) is 21.9. The van der Waals surface area contributed by atoms with Gasteiger partial charge in [-0.2, -0.15) is 0 Å². The number of nitrogens with zero attached hydrogens (tertiary/aromatic N) is 2. The van der Waals surface area contributed by atoms with E-state index in [0.29, 0.717) is 6.54 Å². The summed E-state index contributed by atoms with van der Waals surface area (Å²) in [6, 6.07) is 15.1. The largest absolute Gasteiger partial charge is 0.444 e. The van der Waals surface area contributed by atoms with Crippen molar-refractivity contribution in [1.29, 1.82) is 0 Å². The molecule has 0 radical (unpaired) electrons. The first-order valence-corrected chi connectivity index (χ1v) is 12.0. The van der Waals surface area contributed by atoms with Crippen molar-refractivity contribution in [2.45, 2.75) is 70.7 Å². The second-order valence-corrected chi connectivity index (χ2v) is 11.0. The fraction of sp³-hybridized carbons (Fsp3) is 0.464. The summed E-state index contributed by atoms with van der Waals surface area (Å²) in [6.07, 6.45) is 3.96. The average Bonchev–Trinajstić information content (AvgIpc) is 2.89. The maximum Gasteiger partial charge on any atom is 0.411 e. The molecule has 5 heteroatoms. The summed E-state index contributed by atoms with van der Waals surface area (Å²) in [5.41, 5.74) is 6.96. The number of allylic oxidation sites excluding steroid dienone is 1. The van der Waals surface area contributed by atoms with E-state index < -0.39 is 5.60 Å². The predicted molar refractivity (Wildman–Crippen MR) is 134 cm³/mol. The highest BCUT2D eigenvalue weighted by molar-refractivity contribution is 5.75. The molecule has 2 aromatic rings. The van der Waals surface area contributed by atoms with Crippen molar-refractivity contribution in [3.63, 3.8) is 0 Å². The third-order valence-corrected chi connectivity index (χ3v) is 7.25.